The van der Waals surface area contributed by atoms with Gasteiger partial charge >= 0.3 is 6.61 Å². The van der Waals surface area contributed by atoms with Gasteiger partial charge in [0, 0.05) is 17.7 Å². The molecule has 206 valence electrons. The van der Waals surface area contributed by atoms with Gasteiger partial charge in [-0.05, 0) is 59.9 Å². The number of hydrogen-bond acceptors (Lipinski definition) is 3. The van der Waals surface area contributed by atoms with Crippen LogP contribution in [0.4, 0.5) is 17.6 Å². The van der Waals surface area contributed by atoms with Crippen molar-refractivity contribution in [1.82, 2.24) is 0 Å². The third-order valence-electron chi connectivity index (χ3n) is 7.16. The number of aryl methyl sites for hydroxylation is 3. The van der Waals surface area contributed by atoms with E-state index in [2.05, 4.69) is 11.7 Å². The van der Waals surface area contributed by atoms with Crippen LogP contribution in [0.5, 0.6) is 5.75 Å². The second-order valence-corrected chi connectivity index (χ2v) is 10.1. The Morgan fingerprint density at radius 2 is 1.61 bits per heavy atom. The lowest BCUT2D eigenvalue weighted by molar-refractivity contribution is -0.203. The average molecular weight is 533 g/mol. The van der Waals surface area contributed by atoms with E-state index in [1.165, 1.54) is 37.8 Å². The minimum atomic E-state index is -3.09. The van der Waals surface area contributed by atoms with Gasteiger partial charge in [-0.2, -0.15) is 8.78 Å². The van der Waals surface area contributed by atoms with Crippen LogP contribution in [0.3, 0.4) is 0 Å². The summed E-state index contributed by atoms with van der Waals surface area (Å²) in [5.41, 5.74) is 2.20. The molecule has 3 aromatic carbocycles. The molecule has 0 aromatic heterocycles. The number of hydrogen-bond donors (Lipinski definition) is 0. The van der Waals surface area contributed by atoms with Crippen molar-refractivity contribution in [2.24, 2.45) is 5.92 Å². The van der Waals surface area contributed by atoms with Crippen LogP contribution in [0.1, 0.15) is 62.1 Å². The number of unbranched alkanes of at least 4 members (excludes halogenated alkanes) is 3. The second kappa shape index (κ2) is 13.9. The molecule has 0 saturated carbocycles. The third-order valence-corrected chi connectivity index (χ3v) is 7.16. The van der Waals surface area contributed by atoms with Crippen molar-refractivity contribution in [3.63, 3.8) is 0 Å². The van der Waals surface area contributed by atoms with E-state index < -0.39 is 18.2 Å². The summed E-state index contributed by atoms with van der Waals surface area (Å²) in [6, 6.07) is 13.2. The second-order valence-electron chi connectivity index (χ2n) is 10.1. The molecular formula is C31H36F4O3. The molecule has 0 unspecified atom stereocenters. The molecule has 7 heteroatoms. The fourth-order valence-electron chi connectivity index (χ4n) is 4.97. The zero-order valence-electron chi connectivity index (χ0n) is 21.9. The van der Waals surface area contributed by atoms with E-state index in [-0.39, 0.29) is 12.1 Å². The molecule has 4 rings (SSSR count). The molecule has 0 radical (unpaired) electrons. The fraction of sp³-hybridized carbons (Fsp3) is 0.484. The quantitative estimate of drug-likeness (QED) is 0.163. The molecule has 0 atom stereocenters. The lowest BCUT2D eigenvalue weighted by Gasteiger charge is -2.29. The first-order valence-electron chi connectivity index (χ1n) is 13.6. The van der Waals surface area contributed by atoms with Crippen molar-refractivity contribution in [3.05, 3.63) is 76.9 Å². The van der Waals surface area contributed by atoms with Crippen LogP contribution in [-0.4, -0.2) is 26.1 Å². The van der Waals surface area contributed by atoms with Crippen LogP contribution in [-0.2, 0) is 28.7 Å². The topological polar surface area (TPSA) is 27.7 Å². The maximum atomic E-state index is 15.2. The summed E-state index contributed by atoms with van der Waals surface area (Å²) in [5, 5.41) is 1.36. The van der Waals surface area contributed by atoms with Crippen LogP contribution in [0.25, 0.3) is 10.8 Å². The first kappa shape index (κ1) is 28.4. The lowest BCUT2D eigenvalue weighted by atomic mass is 9.98. The molecule has 1 aliphatic heterocycles. The fourth-order valence-corrected chi connectivity index (χ4v) is 4.97. The molecule has 3 aromatic rings. The average Bonchev–Trinajstić information content (AvgIpc) is 2.91. The predicted molar refractivity (Wildman–Crippen MR) is 141 cm³/mol. The van der Waals surface area contributed by atoms with Crippen LogP contribution < -0.4 is 4.74 Å². The molecule has 0 bridgehead atoms. The standard InChI is InChI=1S/C31H36F4O3/c1-2-3-4-5-6-23-19-36-29(37-20-23)16-10-21-8-14-26-25(17-21)13-12-24(30(26)33)11-7-22-9-15-28(27(32)18-22)38-31(34)35/h8-9,12-15,17-18,23,29,31H,2-7,10-11,16,19-20H2,1H3. The smallest absolute Gasteiger partial charge is 0.387 e. The van der Waals surface area contributed by atoms with Gasteiger partial charge in [0.15, 0.2) is 17.9 Å². The highest BCUT2D eigenvalue weighted by Crippen LogP contribution is 2.26. The molecule has 0 aliphatic carbocycles. The van der Waals surface area contributed by atoms with Crippen LogP contribution in [0.15, 0.2) is 48.5 Å². The summed E-state index contributed by atoms with van der Waals surface area (Å²) in [6.07, 6.45) is 8.25. The Morgan fingerprint density at radius 1 is 0.842 bits per heavy atom. The molecule has 1 saturated heterocycles. The molecule has 38 heavy (non-hydrogen) atoms. The first-order valence-corrected chi connectivity index (χ1v) is 13.6. The van der Waals surface area contributed by atoms with Gasteiger partial charge in [0.05, 0.1) is 13.2 Å². The minimum absolute atomic E-state index is 0.197. The van der Waals surface area contributed by atoms with Crippen molar-refractivity contribution in [3.8, 4) is 5.75 Å². The number of ether oxygens (including phenoxy) is 3. The van der Waals surface area contributed by atoms with Gasteiger partial charge in [-0.3, -0.25) is 0 Å². The molecule has 3 nitrogen and oxygen atoms in total. The highest BCUT2D eigenvalue weighted by atomic mass is 19.3. The molecular weight excluding hydrogens is 496 g/mol. The van der Waals surface area contributed by atoms with Gasteiger partial charge in [0.2, 0.25) is 0 Å². The van der Waals surface area contributed by atoms with E-state index in [0.29, 0.717) is 35.3 Å². The number of halogens is 4. The van der Waals surface area contributed by atoms with Gasteiger partial charge in [0.1, 0.15) is 5.82 Å². The Bertz CT molecular complexity index is 1180. The summed E-state index contributed by atoms with van der Waals surface area (Å²) >= 11 is 0. The summed E-state index contributed by atoms with van der Waals surface area (Å²) in [6.45, 7) is 0.634. The Morgan fingerprint density at radius 3 is 2.34 bits per heavy atom. The van der Waals surface area contributed by atoms with E-state index >= 15 is 4.39 Å². The van der Waals surface area contributed by atoms with Gasteiger partial charge in [-0.25, -0.2) is 8.78 Å². The summed E-state index contributed by atoms with van der Waals surface area (Å²) < 4.78 is 69.9. The van der Waals surface area contributed by atoms with Crippen molar-refractivity contribution in [1.29, 1.82) is 0 Å². The summed E-state index contributed by atoms with van der Waals surface area (Å²) in [7, 11) is 0. The van der Waals surface area contributed by atoms with Crippen molar-refractivity contribution >= 4 is 10.8 Å². The van der Waals surface area contributed by atoms with E-state index in [4.69, 9.17) is 9.47 Å². The SMILES string of the molecule is CCCCCCC1COC(CCc2ccc3c(F)c(CCc4ccc(OC(F)F)c(F)c4)ccc3c2)OC1. The Kier molecular flexibility index (Phi) is 10.4. The van der Waals surface area contributed by atoms with Crippen LogP contribution in [0.2, 0.25) is 0 Å². The van der Waals surface area contributed by atoms with E-state index in [1.54, 1.807) is 12.1 Å². The van der Waals surface area contributed by atoms with E-state index in [9.17, 15) is 13.2 Å². The van der Waals surface area contributed by atoms with E-state index in [0.717, 1.165) is 49.5 Å². The zero-order chi connectivity index (χ0) is 26.9. The summed E-state index contributed by atoms with van der Waals surface area (Å²) in [5.74, 6) is -1.17. The maximum absolute atomic E-state index is 15.2. The largest absolute Gasteiger partial charge is 0.432 e. The molecule has 0 spiro atoms. The first-order chi connectivity index (χ1) is 18.4. The van der Waals surface area contributed by atoms with Crippen molar-refractivity contribution < 1.29 is 31.8 Å². The highest BCUT2D eigenvalue weighted by molar-refractivity contribution is 5.84. The number of fused-ring (bicyclic) bond motifs is 1. The molecule has 0 N–H and O–H groups in total. The predicted octanol–water partition coefficient (Wildman–Crippen LogP) is 8.40. The lowest BCUT2D eigenvalue weighted by Crippen LogP contribution is -2.32. The normalized spacial score (nSPS) is 17.8. The highest BCUT2D eigenvalue weighted by Gasteiger charge is 2.22. The molecule has 0 amide bonds. The van der Waals surface area contributed by atoms with Gasteiger partial charge < -0.3 is 14.2 Å². The molecule has 1 heterocycles. The minimum Gasteiger partial charge on any atom is -0.432 e. The van der Waals surface area contributed by atoms with Gasteiger partial charge in [-0.1, -0.05) is 69.0 Å². The van der Waals surface area contributed by atoms with Gasteiger partial charge in [0.25, 0.3) is 0 Å². The molecule has 1 fully saturated rings. The maximum Gasteiger partial charge on any atom is 0.387 e. The van der Waals surface area contributed by atoms with Crippen molar-refractivity contribution in [2.75, 3.05) is 13.2 Å². The number of alkyl halides is 2. The number of rotatable bonds is 13. The number of benzene rings is 3. The zero-order valence-corrected chi connectivity index (χ0v) is 21.9. The Labute approximate surface area is 222 Å². The van der Waals surface area contributed by atoms with Crippen LogP contribution in [0, 0.1) is 17.6 Å². The van der Waals surface area contributed by atoms with Crippen molar-refractivity contribution in [2.45, 2.75) is 77.6 Å². The van der Waals surface area contributed by atoms with Crippen LogP contribution >= 0.6 is 0 Å². The monoisotopic (exact) mass is 532 g/mol. The van der Waals surface area contributed by atoms with E-state index in [1.807, 2.05) is 18.2 Å². The Balaban J connectivity index is 1.28. The Hall–Kier alpha value is -2.64. The van der Waals surface area contributed by atoms with Gasteiger partial charge in [-0.15, -0.1) is 0 Å². The summed E-state index contributed by atoms with van der Waals surface area (Å²) in [4.78, 5) is 0. The third kappa shape index (κ3) is 7.93. The molecule has 1 aliphatic rings.